The first-order valence-corrected chi connectivity index (χ1v) is 6.85. The average molecular weight is 250 g/mol. The van der Waals surface area contributed by atoms with Crippen LogP contribution in [0.1, 0.15) is 45.4 Å². The molecule has 100 valence electrons. The molecule has 0 aromatic carbocycles. The van der Waals surface area contributed by atoms with Crippen molar-refractivity contribution in [1.82, 2.24) is 4.98 Å². The molecule has 1 aromatic rings. The Balaban J connectivity index is 1.99. The van der Waals surface area contributed by atoms with Gasteiger partial charge in [0.1, 0.15) is 6.10 Å². The molecule has 4 heteroatoms. The second-order valence-electron chi connectivity index (χ2n) is 4.77. The minimum Gasteiger partial charge on any atom is -0.476 e. The number of rotatable bonds is 5. The Morgan fingerprint density at radius 2 is 2.06 bits per heavy atom. The third-order valence-electron chi connectivity index (χ3n) is 3.15. The van der Waals surface area contributed by atoms with Gasteiger partial charge in [0.2, 0.25) is 11.8 Å². The maximum Gasteiger partial charge on any atom is 0.240 e. The van der Waals surface area contributed by atoms with Crippen molar-refractivity contribution in [3.8, 4) is 11.8 Å². The lowest BCUT2D eigenvalue weighted by molar-refractivity contribution is 0.147. The maximum absolute atomic E-state index is 5.88. The Morgan fingerprint density at radius 3 is 2.78 bits per heavy atom. The van der Waals surface area contributed by atoms with Gasteiger partial charge >= 0.3 is 0 Å². The zero-order valence-corrected chi connectivity index (χ0v) is 11.0. The quantitative estimate of drug-likeness (QED) is 0.872. The lowest BCUT2D eigenvalue weighted by atomic mass is 9.98. The number of hydrogen-bond acceptors (Lipinski definition) is 4. The van der Waals surface area contributed by atoms with Crippen LogP contribution in [0.5, 0.6) is 11.8 Å². The van der Waals surface area contributed by atoms with Gasteiger partial charge in [-0.15, -0.1) is 0 Å². The second-order valence-corrected chi connectivity index (χ2v) is 4.77. The minimum atomic E-state index is 0.300. The number of ether oxygens (including phenoxy) is 2. The van der Waals surface area contributed by atoms with Crippen molar-refractivity contribution in [3.05, 3.63) is 12.1 Å². The Hall–Kier alpha value is -1.45. The molecule has 0 unspecified atom stereocenters. The van der Waals surface area contributed by atoms with Crippen LogP contribution in [0.15, 0.2) is 12.1 Å². The Bertz CT molecular complexity index is 376. The lowest BCUT2D eigenvalue weighted by Crippen LogP contribution is -2.20. The van der Waals surface area contributed by atoms with Crippen molar-refractivity contribution in [3.63, 3.8) is 0 Å². The number of nitrogens with zero attached hydrogens (tertiary/aromatic N) is 1. The highest BCUT2D eigenvalue weighted by Gasteiger charge is 2.16. The van der Waals surface area contributed by atoms with Gasteiger partial charge in [-0.1, -0.05) is 13.3 Å². The van der Waals surface area contributed by atoms with Gasteiger partial charge < -0.3 is 15.2 Å². The van der Waals surface area contributed by atoms with Gasteiger partial charge in [-0.2, -0.15) is 4.98 Å². The van der Waals surface area contributed by atoms with E-state index in [1.54, 1.807) is 6.07 Å². The fourth-order valence-electron chi connectivity index (χ4n) is 2.17. The molecule has 0 amide bonds. The van der Waals surface area contributed by atoms with E-state index in [-0.39, 0.29) is 0 Å². The molecule has 1 aromatic heterocycles. The largest absolute Gasteiger partial charge is 0.476 e. The summed E-state index contributed by atoms with van der Waals surface area (Å²) < 4.78 is 11.4. The lowest BCUT2D eigenvalue weighted by Gasteiger charge is -2.22. The summed E-state index contributed by atoms with van der Waals surface area (Å²) in [6.07, 6.45) is 7.30. The molecule has 4 nitrogen and oxygen atoms in total. The van der Waals surface area contributed by atoms with Gasteiger partial charge in [0.25, 0.3) is 0 Å². The molecular weight excluding hydrogens is 228 g/mol. The molecule has 1 aliphatic carbocycles. The molecule has 0 radical (unpaired) electrons. The van der Waals surface area contributed by atoms with E-state index in [0.29, 0.717) is 30.2 Å². The molecule has 1 aliphatic rings. The first-order valence-electron chi connectivity index (χ1n) is 6.85. The fourth-order valence-corrected chi connectivity index (χ4v) is 2.17. The topological polar surface area (TPSA) is 57.4 Å². The molecule has 1 saturated carbocycles. The van der Waals surface area contributed by atoms with Crippen molar-refractivity contribution in [2.75, 3.05) is 12.3 Å². The third-order valence-corrected chi connectivity index (χ3v) is 3.15. The van der Waals surface area contributed by atoms with Crippen LogP contribution >= 0.6 is 0 Å². The van der Waals surface area contributed by atoms with E-state index in [1.807, 2.05) is 6.07 Å². The first kappa shape index (κ1) is 13.0. The molecule has 0 saturated heterocycles. The molecule has 0 aliphatic heterocycles. The monoisotopic (exact) mass is 250 g/mol. The average Bonchev–Trinajstić information content (AvgIpc) is 2.40. The Kier molecular flexibility index (Phi) is 4.67. The highest BCUT2D eigenvalue weighted by molar-refractivity contribution is 5.49. The normalized spacial score (nSPS) is 16.5. The molecule has 18 heavy (non-hydrogen) atoms. The molecule has 2 N–H and O–H groups in total. The van der Waals surface area contributed by atoms with Crippen molar-refractivity contribution >= 4 is 5.69 Å². The van der Waals surface area contributed by atoms with E-state index >= 15 is 0 Å². The zero-order chi connectivity index (χ0) is 12.8. The van der Waals surface area contributed by atoms with Crippen LogP contribution in [0.4, 0.5) is 5.69 Å². The van der Waals surface area contributed by atoms with Crippen molar-refractivity contribution in [1.29, 1.82) is 0 Å². The van der Waals surface area contributed by atoms with Gasteiger partial charge in [0.05, 0.1) is 12.3 Å². The van der Waals surface area contributed by atoms with Gasteiger partial charge in [0, 0.05) is 6.07 Å². The highest BCUT2D eigenvalue weighted by Crippen LogP contribution is 2.26. The van der Waals surface area contributed by atoms with Gasteiger partial charge in [-0.05, 0) is 38.2 Å². The van der Waals surface area contributed by atoms with Crippen LogP contribution in [0.3, 0.4) is 0 Å². The standard InChI is InChI=1S/C14H22N2O2/c1-2-10-17-14-12(15)8-9-13(16-14)18-11-6-4-3-5-7-11/h8-9,11H,2-7,10,15H2,1H3. The van der Waals surface area contributed by atoms with E-state index in [0.717, 1.165) is 19.3 Å². The summed E-state index contributed by atoms with van der Waals surface area (Å²) in [5.41, 5.74) is 6.39. The van der Waals surface area contributed by atoms with Crippen LogP contribution in [-0.2, 0) is 0 Å². The molecular formula is C14H22N2O2. The van der Waals surface area contributed by atoms with Crippen molar-refractivity contribution < 1.29 is 9.47 Å². The number of aromatic nitrogens is 1. The molecule has 0 spiro atoms. The van der Waals surface area contributed by atoms with E-state index in [4.69, 9.17) is 15.2 Å². The number of nitrogens with two attached hydrogens (primary N) is 1. The SMILES string of the molecule is CCCOc1nc(OC2CCCCC2)ccc1N. The molecule has 1 heterocycles. The van der Waals surface area contributed by atoms with Crippen molar-refractivity contribution in [2.24, 2.45) is 0 Å². The second kappa shape index (κ2) is 6.47. The smallest absolute Gasteiger partial charge is 0.240 e. The summed E-state index contributed by atoms with van der Waals surface area (Å²) >= 11 is 0. The van der Waals surface area contributed by atoms with E-state index in [9.17, 15) is 0 Å². The van der Waals surface area contributed by atoms with Crippen LogP contribution in [-0.4, -0.2) is 17.7 Å². The van der Waals surface area contributed by atoms with E-state index in [2.05, 4.69) is 11.9 Å². The summed E-state index contributed by atoms with van der Waals surface area (Å²) in [4.78, 5) is 4.33. The van der Waals surface area contributed by atoms with E-state index in [1.165, 1.54) is 19.3 Å². The number of pyridine rings is 1. The molecule has 1 fully saturated rings. The molecule has 0 bridgehead atoms. The van der Waals surface area contributed by atoms with E-state index < -0.39 is 0 Å². The summed E-state index contributed by atoms with van der Waals surface area (Å²) in [6.45, 7) is 2.68. The van der Waals surface area contributed by atoms with Crippen molar-refractivity contribution in [2.45, 2.75) is 51.6 Å². The predicted molar refractivity (Wildman–Crippen MR) is 71.9 cm³/mol. The highest BCUT2D eigenvalue weighted by atomic mass is 16.5. The Morgan fingerprint density at radius 1 is 1.28 bits per heavy atom. The van der Waals surface area contributed by atoms with Crippen LogP contribution in [0, 0.1) is 0 Å². The summed E-state index contributed by atoms with van der Waals surface area (Å²) in [5.74, 6) is 1.12. The summed E-state index contributed by atoms with van der Waals surface area (Å²) in [7, 11) is 0. The molecule has 2 rings (SSSR count). The van der Waals surface area contributed by atoms with Gasteiger partial charge in [-0.25, -0.2) is 0 Å². The van der Waals surface area contributed by atoms with Gasteiger partial charge in [-0.3, -0.25) is 0 Å². The van der Waals surface area contributed by atoms with Crippen LogP contribution in [0.25, 0.3) is 0 Å². The van der Waals surface area contributed by atoms with Crippen LogP contribution < -0.4 is 15.2 Å². The predicted octanol–water partition coefficient (Wildman–Crippen LogP) is 3.16. The summed E-state index contributed by atoms with van der Waals surface area (Å²) in [6, 6.07) is 3.62. The Labute approximate surface area is 108 Å². The maximum atomic E-state index is 5.88. The number of nitrogen functional groups attached to an aromatic ring is 1. The number of hydrogen-bond donors (Lipinski definition) is 1. The molecule has 0 atom stereocenters. The van der Waals surface area contributed by atoms with Crippen LogP contribution in [0.2, 0.25) is 0 Å². The van der Waals surface area contributed by atoms with Gasteiger partial charge in [0.15, 0.2) is 0 Å². The first-order chi connectivity index (χ1) is 8.79. The minimum absolute atomic E-state index is 0.300. The third kappa shape index (κ3) is 3.52. The zero-order valence-electron chi connectivity index (χ0n) is 11.0. The summed E-state index contributed by atoms with van der Waals surface area (Å²) in [5, 5.41) is 0. The number of anilines is 1. The fraction of sp³-hybridized carbons (Fsp3) is 0.643.